The molecule has 0 aliphatic rings. The molecule has 76 heavy (non-hydrogen) atoms. The van der Waals surface area contributed by atoms with Gasteiger partial charge in [-0.15, -0.1) is 0 Å². The Hall–Kier alpha value is -2.89. The van der Waals surface area contributed by atoms with Crippen LogP contribution in [0.1, 0.15) is 348 Å². The molecule has 0 spiro atoms. The van der Waals surface area contributed by atoms with Crippen LogP contribution in [0.5, 0.6) is 0 Å². The Morgan fingerprint density at radius 1 is 0.263 bits per heavy atom. The smallest absolute Gasteiger partial charge is 0.306 e. The zero-order valence-corrected chi connectivity index (χ0v) is 50.8. The normalized spacial score (nSPS) is 12.4. The Kier molecular flexibility index (Phi) is 62.2. The second-order valence-electron chi connectivity index (χ2n) is 22.4. The highest BCUT2D eigenvalue weighted by molar-refractivity contribution is 5.71. The molecule has 0 aliphatic carbocycles. The first-order chi connectivity index (χ1) is 37.5. The van der Waals surface area contributed by atoms with Gasteiger partial charge in [-0.25, -0.2) is 0 Å². The van der Waals surface area contributed by atoms with Crippen LogP contribution in [-0.4, -0.2) is 37.2 Å². The monoisotopic (exact) mass is 1060 g/mol. The average molecular weight is 1060 g/mol. The van der Waals surface area contributed by atoms with Gasteiger partial charge in [0.2, 0.25) is 0 Å². The van der Waals surface area contributed by atoms with Gasteiger partial charge < -0.3 is 14.2 Å². The van der Waals surface area contributed by atoms with E-state index in [1.807, 2.05) is 0 Å². The topological polar surface area (TPSA) is 78.9 Å². The number of hydrogen-bond donors (Lipinski definition) is 0. The van der Waals surface area contributed by atoms with Crippen LogP contribution in [0, 0.1) is 0 Å². The van der Waals surface area contributed by atoms with Crippen LogP contribution in [0.3, 0.4) is 0 Å². The van der Waals surface area contributed by atoms with Crippen molar-refractivity contribution >= 4 is 17.9 Å². The van der Waals surface area contributed by atoms with Gasteiger partial charge in [0.25, 0.3) is 0 Å². The molecule has 6 heteroatoms. The largest absolute Gasteiger partial charge is 0.462 e. The molecule has 6 nitrogen and oxygen atoms in total. The third-order valence-corrected chi connectivity index (χ3v) is 14.7. The van der Waals surface area contributed by atoms with Gasteiger partial charge in [-0.1, -0.05) is 300 Å². The van der Waals surface area contributed by atoms with E-state index in [1.54, 1.807) is 0 Å². The average Bonchev–Trinajstić information content (AvgIpc) is 3.42. The van der Waals surface area contributed by atoms with Gasteiger partial charge >= 0.3 is 17.9 Å². The Balaban J connectivity index is 4.04. The molecule has 442 valence electrons. The van der Waals surface area contributed by atoms with Crippen molar-refractivity contribution in [3.8, 4) is 0 Å². The van der Waals surface area contributed by atoms with E-state index in [-0.39, 0.29) is 31.1 Å². The third-order valence-electron chi connectivity index (χ3n) is 14.7. The highest BCUT2D eigenvalue weighted by Crippen LogP contribution is 2.17. The fourth-order valence-corrected chi connectivity index (χ4v) is 9.72. The molecule has 0 heterocycles. The van der Waals surface area contributed by atoms with Gasteiger partial charge in [-0.3, -0.25) is 14.4 Å². The quantitative estimate of drug-likeness (QED) is 0.0261. The van der Waals surface area contributed by atoms with E-state index in [1.165, 1.54) is 225 Å². The van der Waals surface area contributed by atoms with E-state index in [4.69, 9.17) is 14.2 Å². The zero-order chi connectivity index (χ0) is 55.0. The first kappa shape index (κ1) is 73.1. The summed E-state index contributed by atoms with van der Waals surface area (Å²) >= 11 is 0. The van der Waals surface area contributed by atoms with E-state index < -0.39 is 6.10 Å². The maximum Gasteiger partial charge on any atom is 0.306 e. The predicted octanol–water partition coefficient (Wildman–Crippen LogP) is 22.7. The fraction of sp³-hybridized carbons (Fsp3) is 0.814. The first-order valence-corrected chi connectivity index (χ1v) is 33.3. The number of carbonyl (C=O) groups is 3. The summed E-state index contributed by atoms with van der Waals surface area (Å²) in [7, 11) is 0. The number of unbranched alkanes of at least 4 members (excludes halogenated alkanes) is 40. The van der Waals surface area contributed by atoms with E-state index in [2.05, 4.69) is 81.5 Å². The lowest BCUT2D eigenvalue weighted by atomic mass is 10.0. The molecule has 0 radical (unpaired) electrons. The second kappa shape index (κ2) is 64.6. The number of allylic oxidation sites excluding steroid dienone is 10. The summed E-state index contributed by atoms with van der Waals surface area (Å²) in [6.45, 7) is 6.59. The summed E-state index contributed by atoms with van der Waals surface area (Å²) in [4.78, 5) is 38.0. The van der Waals surface area contributed by atoms with Crippen molar-refractivity contribution < 1.29 is 28.6 Å². The van der Waals surface area contributed by atoms with Crippen LogP contribution in [0.25, 0.3) is 0 Å². The predicted molar refractivity (Wildman–Crippen MR) is 330 cm³/mol. The Labute approximate surface area is 472 Å². The fourth-order valence-electron chi connectivity index (χ4n) is 9.72. The lowest BCUT2D eigenvalue weighted by molar-refractivity contribution is -0.167. The molecule has 0 aromatic rings. The molecular formula is C70H126O6. The molecular weight excluding hydrogens is 937 g/mol. The van der Waals surface area contributed by atoms with Crippen LogP contribution < -0.4 is 0 Å². The molecule has 0 N–H and O–H groups in total. The van der Waals surface area contributed by atoms with Gasteiger partial charge in [-0.2, -0.15) is 0 Å². The van der Waals surface area contributed by atoms with Crippen LogP contribution in [-0.2, 0) is 28.6 Å². The van der Waals surface area contributed by atoms with Gasteiger partial charge in [0.1, 0.15) is 13.2 Å². The minimum atomic E-state index is -0.775. The maximum absolute atomic E-state index is 12.9. The number of esters is 3. The van der Waals surface area contributed by atoms with Gasteiger partial charge in [0.15, 0.2) is 6.10 Å². The Morgan fingerprint density at radius 3 is 0.737 bits per heavy atom. The summed E-state index contributed by atoms with van der Waals surface area (Å²) in [6, 6.07) is 0. The number of hydrogen-bond acceptors (Lipinski definition) is 6. The highest BCUT2D eigenvalue weighted by atomic mass is 16.6. The summed E-state index contributed by atoms with van der Waals surface area (Å²) in [5, 5.41) is 0. The van der Waals surface area contributed by atoms with Crippen molar-refractivity contribution in [2.24, 2.45) is 0 Å². The van der Waals surface area contributed by atoms with E-state index in [0.717, 1.165) is 83.5 Å². The number of rotatable bonds is 61. The molecule has 0 saturated carbocycles. The van der Waals surface area contributed by atoms with Gasteiger partial charge in [0.05, 0.1) is 0 Å². The molecule has 0 rings (SSSR count). The summed E-state index contributed by atoms with van der Waals surface area (Å²) in [6.07, 6.45) is 82.8. The molecule has 0 aromatic heterocycles. The lowest BCUT2D eigenvalue weighted by Gasteiger charge is -2.18. The molecule has 0 aromatic carbocycles. The van der Waals surface area contributed by atoms with Crippen LogP contribution >= 0.6 is 0 Å². The second-order valence-corrected chi connectivity index (χ2v) is 22.4. The maximum atomic E-state index is 12.9. The Bertz CT molecular complexity index is 1360. The molecule has 0 fully saturated rings. The van der Waals surface area contributed by atoms with Gasteiger partial charge in [-0.05, 0) is 89.9 Å². The summed E-state index contributed by atoms with van der Waals surface area (Å²) < 4.78 is 16.8. The van der Waals surface area contributed by atoms with Crippen molar-refractivity contribution in [1.82, 2.24) is 0 Å². The SMILES string of the molecule is CCCCCCC/C=C\C/C=C\C/C=C\CCCCCCCCCCC(=O)OC(COC(=O)CCCCCCCC)COC(=O)CCCCCCCCCCCCCCCCCCC/C=C\C/C=C\CCCCCCC. The molecule has 0 aliphatic heterocycles. The zero-order valence-electron chi connectivity index (χ0n) is 50.8. The molecule has 1 unspecified atom stereocenters. The van der Waals surface area contributed by atoms with Crippen molar-refractivity contribution in [3.05, 3.63) is 60.8 Å². The van der Waals surface area contributed by atoms with Crippen molar-refractivity contribution in [1.29, 1.82) is 0 Å². The van der Waals surface area contributed by atoms with Crippen molar-refractivity contribution in [2.45, 2.75) is 354 Å². The molecule has 0 saturated heterocycles. The number of ether oxygens (including phenoxy) is 3. The first-order valence-electron chi connectivity index (χ1n) is 33.3. The van der Waals surface area contributed by atoms with Crippen molar-refractivity contribution in [3.63, 3.8) is 0 Å². The minimum Gasteiger partial charge on any atom is -0.462 e. The lowest BCUT2D eigenvalue weighted by Crippen LogP contribution is -2.30. The van der Waals surface area contributed by atoms with E-state index >= 15 is 0 Å². The highest BCUT2D eigenvalue weighted by Gasteiger charge is 2.19. The molecule has 1 atom stereocenters. The summed E-state index contributed by atoms with van der Waals surface area (Å²) in [5.74, 6) is -0.875. The number of carbonyl (C=O) groups excluding carboxylic acids is 3. The van der Waals surface area contributed by atoms with Gasteiger partial charge in [0, 0.05) is 19.3 Å². The van der Waals surface area contributed by atoms with Crippen LogP contribution in [0.2, 0.25) is 0 Å². The van der Waals surface area contributed by atoms with Crippen molar-refractivity contribution in [2.75, 3.05) is 13.2 Å². The van der Waals surface area contributed by atoms with E-state index in [0.29, 0.717) is 19.3 Å². The third kappa shape index (κ3) is 62.0. The minimum absolute atomic E-state index is 0.0742. The molecule has 0 bridgehead atoms. The van der Waals surface area contributed by atoms with E-state index in [9.17, 15) is 14.4 Å². The van der Waals surface area contributed by atoms with Crippen LogP contribution in [0.4, 0.5) is 0 Å². The standard InChI is InChI=1S/C70H126O6/c1-4-7-10-13-16-18-20-22-24-26-28-30-32-33-34-35-36-37-39-40-42-44-46-48-50-52-54-57-60-63-69(72)75-66-67(65-74-68(71)62-59-56-15-12-9-6-3)76-70(73)64-61-58-55-53-51-49-47-45-43-41-38-31-29-27-25-23-21-19-17-14-11-8-5-2/h20-23,26-29,38,41,67H,4-19,24-25,30-37,39-40,42-66H2,1-3H3/b22-20-,23-21-,28-26-,29-27-,41-38-. The summed E-state index contributed by atoms with van der Waals surface area (Å²) in [5.41, 5.74) is 0. The van der Waals surface area contributed by atoms with Crippen LogP contribution in [0.15, 0.2) is 60.8 Å². The Morgan fingerprint density at radius 2 is 0.474 bits per heavy atom. The molecule has 0 amide bonds.